The van der Waals surface area contributed by atoms with E-state index < -0.39 is 10.0 Å². The smallest absolute Gasteiger partial charge is 0.229 e. The van der Waals surface area contributed by atoms with Crippen LogP contribution in [0.1, 0.15) is 25.7 Å². The largest absolute Gasteiger partial charge is 0.474 e. The van der Waals surface area contributed by atoms with E-state index in [0.717, 1.165) is 62.3 Å². The molecule has 6 rings (SSSR count). The number of anilines is 3. The highest BCUT2D eigenvalue weighted by Crippen LogP contribution is 2.33. The van der Waals surface area contributed by atoms with E-state index in [1.807, 2.05) is 24.4 Å². The number of pyridine rings is 2. The van der Waals surface area contributed by atoms with E-state index in [1.165, 1.54) is 6.20 Å². The summed E-state index contributed by atoms with van der Waals surface area (Å²) in [6, 6.07) is 7.77. The molecule has 1 aliphatic carbocycles. The van der Waals surface area contributed by atoms with Crippen molar-refractivity contribution in [2.24, 2.45) is 0 Å². The van der Waals surface area contributed by atoms with E-state index in [9.17, 15) is 8.42 Å². The monoisotopic (exact) mass is 538 g/mol. The Bertz CT molecular complexity index is 1550. The molecule has 12 nitrogen and oxygen atoms in total. The van der Waals surface area contributed by atoms with Crippen molar-refractivity contribution in [2.45, 2.75) is 37.8 Å². The predicted molar refractivity (Wildman–Crippen MR) is 144 cm³/mol. The Morgan fingerprint density at radius 1 is 1.08 bits per heavy atom. The number of fused-ring (bicyclic) bond motifs is 2. The number of hydrogen-bond acceptors (Lipinski definition) is 10. The molecule has 0 spiro atoms. The SMILES string of the molecule is CS(=O)(=O)Nc1cnc2cc(N3CCOCC3)nc(OC3CCC(Nc4ccn5nccc5n4)CC3)c2c1. The van der Waals surface area contributed by atoms with Gasteiger partial charge in [0.25, 0.3) is 0 Å². The Kier molecular flexibility index (Phi) is 6.62. The van der Waals surface area contributed by atoms with Crippen LogP contribution in [0.15, 0.2) is 42.9 Å². The van der Waals surface area contributed by atoms with Crippen molar-refractivity contribution in [1.82, 2.24) is 24.6 Å². The summed E-state index contributed by atoms with van der Waals surface area (Å²) in [5, 5.41) is 8.41. The number of nitrogens with zero attached hydrogens (tertiary/aromatic N) is 6. The molecule has 0 radical (unpaired) electrons. The van der Waals surface area contributed by atoms with Crippen molar-refractivity contribution in [2.75, 3.05) is 47.5 Å². The number of sulfonamides is 1. The van der Waals surface area contributed by atoms with Crippen molar-refractivity contribution in [3.8, 4) is 5.88 Å². The minimum absolute atomic E-state index is 0.0134. The lowest BCUT2D eigenvalue weighted by Gasteiger charge is -2.31. The van der Waals surface area contributed by atoms with Gasteiger partial charge >= 0.3 is 0 Å². The molecule has 4 aromatic heterocycles. The molecule has 4 aromatic rings. The first kappa shape index (κ1) is 24.6. The van der Waals surface area contributed by atoms with Crippen molar-refractivity contribution in [1.29, 1.82) is 0 Å². The molecule has 0 unspecified atom stereocenters. The maximum atomic E-state index is 11.8. The van der Waals surface area contributed by atoms with Crippen LogP contribution in [-0.2, 0) is 14.8 Å². The zero-order valence-corrected chi connectivity index (χ0v) is 21.9. The summed E-state index contributed by atoms with van der Waals surface area (Å²) < 4.78 is 39.8. The third-order valence-electron chi connectivity index (χ3n) is 6.83. The Morgan fingerprint density at radius 3 is 2.68 bits per heavy atom. The van der Waals surface area contributed by atoms with Gasteiger partial charge in [-0.3, -0.25) is 9.71 Å². The molecule has 0 bridgehead atoms. The van der Waals surface area contributed by atoms with Crippen LogP contribution in [0.4, 0.5) is 17.3 Å². The second kappa shape index (κ2) is 10.2. The molecule has 2 N–H and O–H groups in total. The maximum Gasteiger partial charge on any atom is 0.229 e. The summed E-state index contributed by atoms with van der Waals surface area (Å²) in [5.74, 6) is 2.09. The van der Waals surface area contributed by atoms with Crippen LogP contribution in [0.2, 0.25) is 0 Å². The second-order valence-electron chi connectivity index (χ2n) is 9.73. The van der Waals surface area contributed by atoms with Crippen molar-refractivity contribution in [3.63, 3.8) is 0 Å². The van der Waals surface area contributed by atoms with Gasteiger partial charge in [-0.1, -0.05) is 0 Å². The van der Waals surface area contributed by atoms with Crippen LogP contribution < -0.4 is 19.7 Å². The fourth-order valence-electron chi connectivity index (χ4n) is 4.98. The molecule has 2 fully saturated rings. The number of ether oxygens (including phenoxy) is 2. The molecule has 200 valence electrons. The van der Waals surface area contributed by atoms with E-state index >= 15 is 0 Å². The van der Waals surface area contributed by atoms with Gasteiger partial charge in [-0.2, -0.15) is 10.1 Å². The van der Waals surface area contributed by atoms with Crippen LogP contribution >= 0.6 is 0 Å². The highest BCUT2D eigenvalue weighted by Gasteiger charge is 2.25. The lowest BCUT2D eigenvalue weighted by Crippen LogP contribution is -2.37. The number of hydrogen-bond donors (Lipinski definition) is 2. The first-order valence-corrected chi connectivity index (χ1v) is 14.6. The lowest BCUT2D eigenvalue weighted by molar-refractivity contribution is 0.122. The topological polar surface area (TPSA) is 136 Å². The summed E-state index contributed by atoms with van der Waals surface area (Å²) >= 11 is 0. The van der Waals surface area contributed by atoms with Gasteiger partial charge in [0.1, 0.15) is 17.7 Å². The van der Waals surface area contributed by atoms with E-state index in [1.54, 1.807) is 16.8 Å². The maximum absolute atomic E-state index is 11.8. The van der Waals surface area contributed by atoms with Gasteiger partial charge in [0, 0.05) is 37.5 Å². The molecule has 1 aliphatic heterocycles. The molecule has 0 atom stereocenters. The first-order chi connectivity index (χ1) is 18.4. The van der Waals surface area contributed by atoms with Gasteiger partial charge in [-0.15, -0.1) is 0 Å². The normalized spacial score (nSPS) is 20.5. The van der Waals surface area contributed by atoms with Crippen molar-refractivity contribution in [3.05, 3.63) is 42.9 Å². The molecule has 0 amide bonds. The van der Waals surface area contributed by atoms with E-state index in [0.29, 0.717) is 41.7 Å². The summed E-state index contributed by atoms with van der Waals surface area (Å²) in [6.45, 7) is 2.75. The molecule has 13 heteroatoms. The Labute approximate surface area is 220 Å². The highest BCUT2D eigenvalue weighted by atomic mass is 32.2. The fourth-order valence-corrected chi connectivity index (χ4v) is 5.52. The fraction of sp³-hybridized carbons (Fsp3) is 0.440. The third kappa shape index (κ3) is 5.58. The van der Waals surface area contributed by atoms with Crippen LogP contribution in [0.3, 0.4) is 0 Å². The van der Waals surface area contributed by atoms with Crippen LogP contribution in [-0.4, -0.2) is 77.7 Å². The summed E-state index contributed by atoms with van der Waals surface area (Å²) in [4.78, 5) is 16.2. The summed E-state index contributed by atoms with van der Waals surface area (Å²) in [7, 11) is -3.44. The quantitative estimate of drug-likeness (QED) is 0.361. The highest BCUT2D eigenvalue weighted by molar-refractivity contribution is 7.92. The number of nitrogens with one attached hydrogen (secondary N) is 2. The summed E-state index contributed by atoms with van der Waals surface area (Å²) in [5.41, 5.74) is 1.89. The van der Waals surface area contributed by atoms with Gasteiger partial charge in [0.05, 0.1) is 48.5 Å². The molecule has 0 aromatic carbocycles. The minimum Gasteiger partial charge on any atom is -0.474 e. The minimum atomic E-state index is -3.44. The van der Waals surface area contributed by atoms with E-state index in [2.05, 4.69) is 30.0 Å². The van der Waals surface area contributed by atoms with Crippen LogP contribution in [0.25, 0.3) is 16.6 Å². The summed E-state index contributed by atoms with van der Waals surface area (Å²) in [6.07, 6.45) is 9.81. The molecule has 2 aliphatic rings. The Hall–Kier alpha value is -3.71. The number of rotatable bonds is 7. The van der Waals surface area contributed by atoms with Gasteiger partial charge in [0.2, 0.25) is 15.9 Å². The van der Waals surface area contributed by atoms with Gasteiger partial charge in [-0.25, -0.2) is 17.9 Å². The lowest BCUT2D eigenvalue weighted by atomic mass is 9.93. The molecule has 38 heavy (non-hydrogen) atoms. The molecule has 5 heterocycles. The predicted octanol–water partition coefficient (Wildman–Crippen LogP) is 2.68. The first-order valence-electron chi connectivity index (χ1n) is 12.7. The second-order valence-corrected chi connectivity index (χ2v) is 11.5. The van der Waals surface area contributed by atoms with Gasteiger partial charge in [-0.05, 0) is 37.8 Å². The molecular formula is C25H30N8O4S. The van der Waals surface area contributed by atoms with Crippen molar-refractivity contribution < 1.29 is 17.9 Å². The van der Waals surface area contributed by atoms with Crippen LogP contribution in [0.5, 0.6) is 5.88 Å². The van der Waals surface area contributed by atoms with Crippen molar-refractivity contribution >= 4 is 43.9 Å². The molecular weight excluding hydrogens is 508 g/mol. The third-order valence-corrected chi connectivity index (χ3v) is 7.44. The Balaban J connectivity index is 1.20. The zero-order valence-electron chi connectivity index (χ0n) is 21.1. The van der Waals surface area contributed by atoms with Gasteiger partial charge in [0.15, 0.2) is 5.65 Å². The average Bonchev–Trinajstić information content (AvgIpc) is 3.38. The van der Waals surface area contributed by atoms with Gasteiger partial charge < -0.3 is 19.7 Å². The molecule has 1 saturated carbocycles. The number of aromatic nitrogens is 5. The van der Waals surface area contributed by atoms with E-state index in [4.69, 9.17) is 14.5 Å². The molecule has 1 saturated heterocycles. The number of morpholine rings is 1. The van der Waals surface area contributed by atoms with Crippen LogP contribution in [0, 0.1) is 0 Å². The standard InChI is InChI=1S/C25H30N8O4S/c1-38(34,35)31-18-14-20-21(26-16-18)15-24(32-10-12-36-13-11-32)30-25(20)37-19-4-2-17(3-5-19)28-22-7-9-33-23(29-22)6-8-27-33/h6-9,14-17,19,31H,2-5,10-13H2,1H3,(H,28,29). The Morgan fingerprint density at radius 2 is 1.89 bits per heavy atom. The zero-order chi connectivity index (χ0) is 26.1. The average molecular weight is 539 g/mol. The van der Waals surface area contributed by atoms with E-state index in [-0.39, 0.29) is 6.10 Å².